The minimum absolute atomic E-state index is 0.00680. The van der Waals surface area contributed by atoms with E-state index in [0.717, 1.165) is 49.2 Å². The SMILES string of the molecule is CC(C(=O)NC1CCOc2ccccc21)N1CCC(C(O)c2ccccc2)CC1. The maximum absolute atomic E-state index is 12.9. The topological polar surface area (TPSA) is 61.8 Å². The zero-order chi connectivity index (χ0) is 20.2. The molecule has 3 unspecified atom stereocenters. The third kappa shape index (κ3) is 4.46. The molecular weight excluding hydrogens is 364 g/mol. The number of hydrogen-bond acceptors (Lipinski definition) is 4. The van der Waals surface area contributed by atoms with Gasteiger partial charge in [-0.2, -0.15) is 0 Å². The van der Waals surface area contributed by atoms with Gasteiger partial charge in [0, 0.05) is 12.0 Å². The first-order valence-electron chi connectivity index (χ1n) is 10.6. The lowest BCUT2D eigenvalue weighted by atomic mass is 9.87. The zero-order valence-corrected chi connectivity index (χ0v) is 17.0. The van der Waals surface area contributed by atoms with E-state index in [1.54, 1.807) is 0 Å². The number of para-hydroxylation sites is 1. The van der Waals surface area contributed by atoms with E-state index in [-0.39, 0.29) is 23.9 Å². The van der Waals surface area contributed by atoms with Crippen molar-refractivity contribution in [3.63, 3.8) is 0 Å². The van der Waals surface area contributed by atoms with Crippen LogP contribution in [0, 0.1) is 5.92 Å². The molecule has 0 aromatic heterocycles. The van der Waals surface area contributed by atoms with Crippen molar-refractivity contribution in [3.8, 4) is 5.75 Å². The Balaban J connectivity index is 1.32. The van der Waals surface area contributed by atoms with Gasteiger partial charge < -0.3 is 15.2 Å². The number of benzene rings is 2. The quantitative estimate of drug-likeness (QED) is 0.815. The van der Waals surface area contributed by atoms with Gasteiger partial charge in [-0.15, -0.1) is 0 Å². The van der Waals surface area contributed by atoms with Gasteiger partial charge in [0.15, 0.2) is 0 Å². The summed E-state index contributed by atoms with van der Waals surface area (Å²) in [6, 6.07) is 17.6. The molecule has 4 rings (SSSR count). The van der Waals surface area contributed by atoms with Crippen molar-refractivity contribution in [3.05, 3.63) is 65.7 Å². The normalized spacial score (nSPS) is 22.2. The van der Waals surface area contributed by atoms with Crippen molar-refractivity contribution in [2.24, 2.45) is 5.92 Å². The summed E-state index contributed by atoms with van der Waals surface area (Å²) in [5.74, 6) is 1.17. The van der Waals surface area contributed by atoms with Crippen LogP contribution in [0.1, 0.15) is 49.5 Å². The van der Waals surface area contributed by atoms with Crippen LogP contribution in [-0.4, -0.2) is 41.7 Å². The number of carbonyl (C=O) groups is 1. The van der Waals surface area contributed by atoms with E-state index >= 15 is 0 Å². The van der Waals surface area contributed by atoms with Crippen molar-refractivity contribution in [2.45, 2.75) is 44.4 Å². The molecule has 0 radical (unpaired) electrons. The Kier molecular flexibility index (Phi) is 6.16. The van der Waals surface area contributed by atoms with Crippen LogP contribution in [0.15, 0.2) is 54.6 Å². The maximum Gasteiger partial charge on any atom is 0.237 e. The predicted octanol–water partition coefficient (Wildman–Crippen LogP) is 3.46. The lowest BCUT2D eigenvalue weighted by Gasteiger charge is -2.37. The van der Waals surface area contributed by atoms with Gasteiger partial charge in [0.25, 0.3) is 0 Å². The zero-order valence-electron chi connectivity index (χ0n) is 17.0. The average molecular weight is 395 g/mol. The predicted molar refractivity (Wildman–Crippen MR) is 113 cm³/mol. The molecule has 5 nitrogen and oxygen atoms in total. The first-order chi connectivity index (χ1) is 14.1. The number of fused-ring (bicyclic) bond motifs is 1. The molecule has 2 aliphatic heterocycles. The molecule has 1 amide bonds. The van der Waals surface area contributed by atoms with Gasteiger partial charge in [-0.25, -0.2) is 0 Å². The van der Waals surface area contributed by atoms with Gasteiger partial charge in [-0.05, 0) is 50.4 Å². The second-order valence-corrected chi connectivity index (χ2v) is 8.14. The van der Waals surface area contributed by atoms with Crippen LogP contribution in [0.25, 0.3) is 0 Å². The number of aliphatic hydroxyl groups is 1. The smallest absolute Gasteiger partial charge is 0.237 e. The fourth-order valence-corrected chi connectivity index (χ4v) is 4.50. The summed E-state index contributed by atoms with van der Waals surface area (Å²) in [7, 11) is 0. The van der Waals surface area contributed by atoms with Crippen LogP contribution >= 0.6 is 0 Å². The van der Waals surface area contributed by atoms with Crippen LogP contribution < -0.4 is 10.1 Å². The van der Waals surface area contributed by atoms with E-state index in [1.807, 2.05) is 61.5 Å². The number of ether oxygens (including phenoxy) is 1. The van der Waals surface area contributed by atoms with Gasteiger partial charge in [0.1, 0.15) is 5.75 Å². The summed E-state index contributed by atoms with van der Waals surface area (Å²) in [4.78, 5) is 15.1. The molecule has 2 heterocycles. The molecule has 0 aliphatic carbocycles. The Morgan fingerprint density at radius 1 is 1.07 bits per heavy atom. The van der Waals surface area contributed by atoms with E-state index in [9.17, 15) is 9.90 Å². The highest BCUT2D eigenvalue weighted by molar-refractivity contribution is 5.82. The first-order valence-corrected chi connectivity index (χ1v) is 10.6. The molecule has 2 aromatic carbocycles. The number of nitrogens with one attached hydrogen (secondary N) is 1. The largest absolute Gasteiger partial charge is 0.493 e. The molecule has 5 heteroatoms. The lowest BCUT2D eigenvalue weighted by molar-refractivity contribution is -0.127. The fourth-order valence-electron chi connectivity index (χ4n) is 4.50. The number of rotatable bonds is 5. The second kappa shape index (κ2) is 8.97. The first kappa shape index (κ1) is 19.9. The summed E-state index contributed by atoms with van der Waals surface area (Å²) in [5.41, 5.74) is 2.04. The highest BCUT2D eigenvalue weighted by atomic mass is 16.5. The number of piperidine rings is 1. The van der Waals surface area contributed by atoms with Gasteiger partial charge >= 0.3 is 0 Å². The van der Waals surface area contributed by atoms with Crippen molar-refractivity contribution in [1.82, 2.24) is 10.2 Å². The Morgan fingerprint density at radius 3 is 2.52 bits per heavy atom. The van der Waals surface area contributed by atoms with Crippen molar-refractivity contribution in [1.29, 1.82) is 0 Å². The van der Waals surface area contributed by atoms with Crippen LogP contribution in [0.5, 0.6) is 5.75 Å². The Morgan fingerprint density at radius 2 is 1.76 bits per heavy atom. The van der Waals surface area contributed by atoms with Crippen molar-refractivity contribution < 1.29 is 14.6 Å². The Hall–Kier alpha value is -2.37. The number of aliphatic hydroxyl groups excluding tert-OH is 1. The van der Waals surface area contributed by atoms with Gasteiger partial charge in [0.2, 0.25) is 5.91 Å². The number of carbonyl (C=O) groups excluding carboxylic acids is 1. The molecule has 2 aromatic rings. The Bertz CT molecular complexity index is 818. The molecule has 154 valence electrons. The molecule has 2 aliphatic rings. The van der Waals surface area contributed by atoms with E-state index in [2.05, 4.69) is 10.2 Å². The number of nitrogens with zero attached hydrogens (tertiary/aromatic N) is 1. The van der Waals surface area contributed by atoms with Crippen LogP contribution in [0.2, 0.25) is 0 Å². The second-order valence-electron chi connectivity index (χ2n) is 8.14. The molecule has 1 fully saturated rings. The number of hydrogen-bond donors (Lipinski definition) is 2. The highest BCUT2D eigenvalue weighted by Crippen LogP contribution is 2.33. The summed E-state index contributed by atoms with van der Waals surface area (Å²) >= 11 is 0. The molecule has 0 saturated carbocycles. The molecule has 0 bridgehead atoms. The lowest BCUT2D eigenvalue weighted by Crippen LogP contribution is -2.49. The van der Waals surface area contributed by atoms with Crippen LogP contribution in [0.3, 0.4) is 0 Å². The Labute approximate surface area is 172 Å². The summed E-state index contributed by atoms with van der Waals surface area (Å²) in [5, 5.41) is 13.9. The van der Waals surface area contributed by atoms with Gasteiger partial charge in [0.05, 0.1) is 24.8 Å². The highest BCUT2D eigenvalue weighted by Gasteiger charge is 2.32. The van der Waals surface area contributed by atoms with Crippen molar-refractivity contribution in [2.75, 3.05) is 19.7 Å². The fraction of sp³-hybridized carbons (Fsp3) is 0.458. The summed E-state index contributed by atoms with van der Waals surface area (Å²) in [6.07, 6.45) is 2.16. The minimum atomic E-state index is -0.429. The molecule has 3 atom stereocenters. The molecule has 2 N–H and O–H groups in total. The average Bonchev–Trinajstić information content (AvgIpc) is 2.79. The summed E-state index contributed by atoms with van der Waals surface area (Å²) < 4.78 is 5.70. The minimum Gasteiger partial charge on any atom is -0.493 e. The molecular formula is C24H30N2O3. The van der Waals surface area contributed by atoms with Crippen LogP contribution in [0.4, 0.5) is 0 Å². The van der Waals surface area contributed by atoms with Crippen molar-refractivity contribution >= 4 is 5.91 Å². The van der Waals surface area contributed by atoms with E-state index in [0.29, 0.717) is 6.61 Å². The van der Waals surface area contributed by atoms with E-state index < -0.39 is 6.10 Å². The van der Waals surface area contributed by atoms with Gasteiger partial charge in [-0.1, -0.05) is 48.5 Å². The molecule has 1 saturated heterocycles. The molecule has 0 spiro atoms. The standard InChI is InChI=1S/C24H30N2O3/c1-17(24(28)25-21-13-16-29-22-10-6-5-9-20(21)22)26-14-11-19(12-15-26)23(27)18-7-3-2-4-8-18/h2-10,17,19,21,23,27H,11-16H2,1H3,(H,25,28). The third-order valence-electron chi connectivity index (χ3n) is 6.36. The van der Waals surface area contributed by atoms with E-state index in [4.69, 9.17) is 4.74 Å². The number of amides is 1. The summed E-state index contributed by atoms with van der Waals surface area (Å²) in [6.45, 7) is 4.26. The monoisotopic (exact) mass is 394 g/mol. The van der Waals surface area contributed by atoms with E-state index in [1.165, 1.54) is 0 Å². The van der Waals surface area contributed by atoms with Gasteiger partial charge in [-0.3, -0.25) is 9.69 Å². The number of likely N-dealkylation sites (tertiary alicyclic amines) is 1. The molecule has 29 heavy (non-hydrogen) atoms. The third-order valence-corrected chi connectivity index (χ3v) is 6.36. The maximum atomic E-state index is 12.9. The van der Waals surface area contributed by atoms with Crippen LogP contribution in [-0.2, 0) is 4.79 Å².